The van der Waals surface area contributed by atoms with Crippen molar-refractivity contribution in [2.45, 2.75) is 0 Å². The van der Waals surface area contributed by atoms with Crippen molar-refractivity contribution in [3.05, 3.63) is 54.1 Å². The molecule has 1 fully saturated rings. The molecular weight excluding hydrogens is 376 g/mol. The summed E-state index contributed by atoms with van der Waals surface area (Å²) in [6.45, 7) is 3.98. The van der Waals surface area contributed by atoms with Crippen molar-refractivity contribution >= 4 is 23.1 Å². The maximum absolute atomic E-state index is 9.56. The monoisotopic (exact) mass is 400 g/mol. The average molecular weight is 400 g/mol. The summed E-state index contributed by atoms with van der Waals surface area (Å²) < 4.78 is 1.71. The number of aliphatic imine (C=N–C) groups is 1. The van der Waals surface area contributed by atoms with Crippen molar-refractivity contribution in [2.75, 3.05) is 45.2 Å². The lowest BCUT2D eigenvalue weighted by atomic mass is 10.0. The van der Waals surface area contributed by atoms with Crippen molar-refractivity contribution in [1.82, 2.24) is 19.5 Å². The van der Waals surface area contributed by atoms with Gasteiger partial charge in [-0.1, -0.05) is 0 Å². The van der Waals surface area contributed by atoms with Crippen LogP contribution in [0.1, 0.15) is 11.1 Å². The second-order valence-corrected chi connectivity index (χ2v) is 7.31. The number of piperazine rings is 1. The molecule has 0 aromatic carbocycles. The van der Waals surface area contributed by atoms with Gasteiger partial charge in [-0.15, -0.1) is 0 Å². The molecule has 8 heteroatoms. The third kappa shape index (κ3) is 3.63. The number of hydrogen-bond donors (Lipinski definition) is 1. The second kappa shape index (κ2) is 8.35. The fourth-order valence-electron chi connectivity index (χ4n) is 3.70. The highest BCUT2D eigenvalue weighted by molar-refractivity contribution is 6.10. The Morgan fingerprint density at radius 3 is 2.67 bits per heavy atom. The minimum absolute atomic E-state index is 0.516. The fraction of sp³-hybridized carbons (Fsp3) is 0.273. The maximum Gasteiger partial charge on any atom is 0.128 e. The van der Waals surface area contributed by atoms with Crippen LogP contribution < -0.4 is 10.6 Å². The van der Waals surface area contributed by atoms with E-state index in [-0.39, 0.29) is 0 Å². The zero-order valence-electron chi connectivity index (χ0n) is 17.2. The fourth-order valence-corrected chi connectivity index (χ4v) is 3.70. The van der Waals surface area contributed by atoms with Crippen LogP contribution in [0.2, 0.25) is 0 Å². The molecule has 0 amide bonds. The van der Waals surface area contributed by atoms with Crippen molar-refractivity contribution in [1.29, 1.82) is 5.26 Å². The molecule has 1 saturated heterocycles. The van der Waals surface area contributed by atoms with E-state index in [9.17, 15) is 5.26 Å². The summed E-state index contributed by atoms with van der Waals surface area (Å²) in [5, 5.41) is 13.9. The van der Waals surface area contributed by atoms with Crippen molar-refractivity contribution < 1.29 is 0 Å². The van der Waals surface area contributed by atoms with Crippen LogP contribution in [0.4, 0.5) is 5.82 Å². The van der Waals surface area contributed by atoms with Crippen LogP contribution >= 0.6 is 0 Å². The first-order chi connectivity index (χ1) is 14.6. The Bertz CT molecular complexity index is 1140. The predicted molar refractivity (Wildman–Crippen MR) is 119 cm³/mol. The first kappa shape index (κ1) is 19.6. The number of allylic oxidation sites excluding steroid dienone is 1. The van der Waals surface area contributed by atoms with Crippen molar-refractivity contribution in [2.24, 2.45) is 10.7 Å². The molecular formula is C22H24N8. The van der Waals surface area contributed by atoms with E-state index in [1.54, 1.807) is 24.0 Å². The van der Waals surface area contributed by atoms with Crippen LogP contribution in [0.5, 0.6) is 0 Å². The molecule has 2 N–H and O–H groups in total. The highest BCUT2D eigenvalue weighted by atomic mass is 15.3. The summed E-state index contributed by atoms with van der Waals surface area (Å²) in [4.78, 5) is 13.4. The highest BCUT2D eigenvalue weighted by Gasteiger charge is 2.17. The Kier molecular flexibility index (Phi) is 5.46. The molecule has 4 heterocycles. The quantitative estimate of drug-likeness (QED) is 0.673. The normalized spacial score (nSPS) is 15.8. The number of nitriles is 1. The SMILES string of the molecule is CN=CC(=CN)c1cc(-c2ccc(N3CCN(C)CC3)nc2)c2c(C#N)cnn2c1. The van der Waals surface area contributed by atoms with E-state index >= 15 is 0 Å². The van der Waals surface area contributed by atoms with Crippen LogP contribution in [0.3, 0.4) is 0 Å². The van der Waals surface area contributed by atoms with Gasteiger partial charge in [0.05, 0.1) is 17.3 Å². The Morgan fingerprint density at radius 1 is 1.23 bits per heavy atom. The summed E-state index contributed by atoms with van der Waals surface area (Å²) >= 11 is 0. The lowest BCUT2D eigenvalue weighted by Gasteiger charge is -2.33. The van der Waals surface area contributed by atoms with Gasteiger partial charge in [-0.05, 0) is 25.2 Å². The molecule has 3 aromatic heterocycles. The zero-order chi connectivity index (χ0) is 21.1. The van der Waals surface area contributed by atoms with E-state index in [0.29, 0.717) is 5.56 Å². The van der Waals surface area contributed by atoms with E-state index in [1.165, 1.54) is 6.20 Å². The lowest BCUT2D eigenvalue weighted by Crippen LogP contribution is -2.44. The summed E-state index contributed by atoms with van der Waals surface area (Å²) in [6.07, 6.45) is 8.51. The Labute approximate surface area is 175 Å². The molecule has 3 aromatic rings. The van der Waals surface area contributed by atoms with Gasteiger partial charge in [0, 0.05) is 80.3 Å². The molecule has 0 spiro atoms. The molecule has 4 rings (SSSR count). The van der Waals surface area contributed by atoms with Crippen LogP contribution in [0.25, 0.3) is 22.2 Å². The number of nitrogens with zero attached hydrogens (tertiary/aromatic N) is 7. The minimum atomic E-state index is 0.516. The van der Waals surface area contributed by atoms with Gasteiger partial charge < -0.3 is 15.5 Å². The summed E-state index contributed by atoms with van der Waals surface area (Å²) in [6, 6.07) is 8.33. The van der Waals surface area contributed by atoms with Gasteiger partial charge in [-0.2, -0.15) is 10.4 Å². The first-order valence-corrected chi connectivity index (χ1v) is 9.80. The summed E-state index contributed by atoms with van der Waals surface area (Å²) in [5.74, 6) is 0.966. The molecule has 30 heavy (non-hydrogen) atoms. The van der Waals surface area contributed by atoms with Gasteiger partial charge in [0.2, 0.25) is 0 Å². The molecule has 0 saturated carbocycles. The molecule has 0 bridgehead atoms. The maximum atomic E-state index is 9.56. The highest BCUT2D eigenvalue weighted by Crippen LogP contribution is 2.30. The second-order valence-electron chi connectivity index (χ2n) is 7.31. The molecule has 152 valence electrons. The van der Waals surface area contributed by atoms with Gasteiger partial charge in [0.1, 0.15) is 11.9 Å². The average Bonchev–Trinajstić information content (AvgIpc) is 3.20. The van der Waals surface area contributed by atoms with Crippen LogP contribution in [0, 0.1) is 11.3 Å². The van der Waals surface area contributed by atoms with Crippen molar-refractivity contribution in [3.63, 3.8) is 0 Å². The largest absolute Gasteiger partial charge is 0.404 e. The summed E-state index contributed by atoms with van der Waals surface area (Å²) in [7, 11) is 3.84. The number of aromatic nitrogens is 3. The predicted octanol–water partition coefficient (Wildman–Crippen LogP) is 2.02. The van der Waals surface area contributed by atoms with Gasteiger partial charge in [0.25, 0.3) is 0 Å². The molecule has 0 radical (unpaired) electrons. The number of anilines is 1. The topological polar surface area (TPSA) is 98.8 Å². The Morgan fingerprint density at radius 2 is 2.03 bits per heavy atom. The Hall–Kier alpha value is -3.70. The van der Waals surface area contributed by atoms with Crippen LogP contribution in [0.15, 0.2) is 48.0 Å². The smallest absolute Gasteiger partial charge is 0.128 e. The van der Waals surface area contributed by atoms with Gasteiger partial charge in [0.15, 0.2) is 0 Å². The van der Waals surface area contributed by atoms with E-state index < -0.39 is 0 Å². The van der Waals surface area contributed by atoms with E-state index in [1.807, 2.05) is 30.6 Å². The molecule has 0 unspecified atom stereocenters. The molecule has 8 nitrogen and oxygen atoms in total. The van der Waals surface area contributed by atoms with Crippen LogP contribution in [-0.2, 0) is 0 Å². The van der Waals surface area contributed by atoms with E-state index in [2.05, 4.69) is 33.0 Å². The molecule has 1 aliphatic heterocycles. The van der Waals surface area contributed by atoms with Gasteiger partial charge >= 0.3 is 0 Å². The van der Waals surface area contributed by atoms with Crippen LogP contribution in [-0.4, -0.2) is 66.0 Å². The Balaban J connectivity index is 1.79. The van der Waals surface area contributed by atoms with Gasteiger partial charge in [-0.25, -0.2) is 9.50 Å². The number of likely N-dealkylation sites (N-methyl/N-ethyl adjacent to an activating group) is 1. The number of pyridine rings is 2. The first-order valence-electron chi connectivity index (χ1n) is 9.80. The van der Waals surface area contributed by atoms with Crippen molar-refractivity contribution in [3.8, 4) is 17.2 Å². The van der Waals surface area contributed by atoms with E-state index in [0.717, 1.165) is 59.8 Å². The molecule has 0 atom stereocenters. The summed E-state index contributed by atoms with van der Waals surface area (Å²) in [5.41, 5.74) is 10.5. The van der Waals surface area contributed by atoms with E-state index in [4.69, 9.17) is 10.7 Å². The number of nitrogens with two attached hydrogens (primary N) is 1. The molecule has 1 aliphatic rings. The zero-order valence-corrected chi connectivity index (χ0v) is 17.2. The molecule has 0 aliphatic carbocycles. The minimum Gasteiger partial charge on any atom is -0.404 e. The number of fused-ring (bicyclic) bond motifs is 1. The third-order valence-corrected chi connectivity index (χ3v) is 5.40. The number of hydrogen-bond acceptors (Lipinski definition) is 7. The lowest BCUT2D eigenvalue weighted by molar-refractivity contribution is 0.312. The number of rotatable bonds is 4. The standard InChI is InChI=1S/C22H24N8/c1-25-12-18(10-23)17-9-20(22-19(11-24)14-27-30(22)15-17)16-3-4-21(26-13-16)29-7-5-28(2)6-8-29/h3-4,9-10,12-15H,5-8,23H2,1-2H3. The third-order valence-electron chi connectivity index (χ3n) is 5.40. The van der Waals surface area contributed by atoms with Gasteiger partial charge in [-0.3, -0.25) is 4.99 Å².